The molecule has 8 heteroatoms. The average molecular weight is 440 g/mol. The summed E-state index contributed by atoms with van der Waals surface area (Å²) in [5.41, 5.74) is 1.14. The van der Waals surface area contributed by atoms with Crippen LogP contribution in [0.1, 0.15) is 25.8 Å². The van der Waals surface area contributed by atoms with Gasteiger partial charge in [0.2, 0.25) is 5.95 Å². The molecule has 32 heavy (non-hydrogen) atoms. The summed E-state index contributed by atoms with van der Waals surface area (Å²) in [4.78, 5) is 18.2. The lowest BCUT2D eigenvalue weighted by atomic mass is 10.2. The van der Waals surface area contributed by atoms with E-state index in [-0.39, 0.29) is 6.10 Å². The number of aromatic nitrogens is 2. The van der Waals surface area contributed by atoms with Crippen molar-refractivity contribution in [2.45, 2.75) is 33.3 Å². The van der Waals surface area contributed by atoms with Gasteiger partial charge in [-0.25, -0.2) is 15.0 Å². The number of benzene rings is 1. The van der Waals surface area contributed by atoms with Crippen LogP contribution in [0.2, 0.25) is 0 Å². The molecule has 174 valence electrons. The molecule has 0 radical (unpaired) electrons. The highest BCUT2D eigenvalue weighted by atomic mass is 16.5. The van der Waals surface area contributed by atoms with Gasteiger partial charge >= 0.3 is 0 Å². The molecule has 0 saturated carbocycles. The highest BCUT2D eigenvalue weighted by molar-refractivity contribution is 5.79. The summed E-state index contributed by atoms with van der Waals surface area (Å²) < 4.78 is 6.04. The SMILES string of the molecule is CCNC(=NCC(C)Oc1ccccc1C)NCCCN1CCN(c2ncccn2)CC1. The van der Waals surface area contributed by atoms with Gasteiger partial charge < -0.3 is 20.3 Å². The van der Waals surface area contributed by atoms with Crippen molar-refractivity contribution in [3.63, 3.8) is 0 Å². The molecule has 2 N–H and O–H groups in total. The first-order chi connectivity index (χ1) is 15.7. The zero-order valence-corrected chi connectivity index (χ0v) is 19.6. The van der Waals surface area contributed by atoms with Crippen molar-refractivity contribution in [3.8, 4) is 5.75 Å². The Morgan fingerprint density at radius 1 is 1.09 bits per heavy atom. The Morgan fingerprint density at radius 2 is 1.84 bits per heavy atom. The highest BCUT2D eigenvalue weighted by Crippen LogP contribution is 2.17. The third kappa shape index (κ3) is 7.67. The Kier molecular flexibility index (Phi) is 9.56. The van der Waals surface area contributed by atoms with E-state index in [9.17, 15) is 0 Å². The molecule has 1 aliphatic heterocycles. The summed E-state index contributed by atoms with van der Waals surface area (Å²) in [5.74, 6) is 2.60. The zero-order chi connectivity index (χ0) is 22.6. The molecule has 1 fully saturated rings. The van der Waals surface area contributed by atoms with Gasteiger partial charge in [0.25, 0.3) is 0 Å². The Bertz CT molecular complexity index is 822. The van der Waals surface area contributed by atoms with Crippen LogP contribution in [0.3, 0.4) is 0 Å². The number of nitrogens with zero attached hydrogens (tertiary/aromatic N) is 5. The Hall–Kier alpha value is -2.87. The largest absolute Gasteiger partial charge is 0.489 e. The number of hydrogen-bond acceptors (Lipinski definition) is 6. The first-order valence-electron chi connectivity index (χ1n) is 11.6. The van der Waals surface area contributed by atoms with Crippen LogP contribution in [0.25, 0.3) is 0 Å². The number of anilines is 1. The molecule has 0 aliphatic carbocycles. The van der Waals surface area contributed by atoms with E-state index in [1.807, 2.05) is 24.3 Å². The summed E-state index contributed by atoms with van der Waals surface area (Å²) in [6, 6.07) is 9.95. The first-order valence-corrected chi connectivity index (χ1v) is 11.6. The second-order valence-electron chi connectivity index (χ2n) is 8.07. The molecule has 0 bridgehead atoms. The molecule has 1 atom stereocenters. The van der Waals surface area contributed by atoms with Crippen LogP contribution in [0.4, 0.5) is 5.95 Å². The number of ether oxygens (including phenoxy) is 1. The fourth-order valence-corrected chi connectivity index (χ4v) is 3.64. The average Bonchev–Trinajstić information content (AvgIpc) is 2.82. The maximum Gasteiger partial charge on any atom is 0.225 e. The molecule has 3 rings (SSSR count). The van der Waals surface area contributed by atoms with Gasteiger partial charge in [-0.3, -0.25) is 4.90 Å². The molecule has 0 amide bonds. The van der Waals surface area contributed by atoms with Crippen molar-refractivity contribution < 1.29 is 4.74 Å². The first kappa shape index (κ1) is 23.8. The van der Waals surface area contributed by atoms with E-state index in [0.29, 0.717) is 6.54 Å². The number of nitrogens with one attached hydrogen (secondary N) is 2. The third-order valence-corrected chi connectivity index (χ3v) is 5.42. The maximum atomic E-state index is 6.04. The minimum Gasteiger partial charge on any atom is -0.489 e. The summed E-state index contributed by atoms with van der Waals surface area (Å²) in [7, 11) is 0. The van der Waals surface area contributed by atoms with Gasteiger partial charge in [0.05, 0.1) is 6.54 Å². The van der Waals surface area contributed by atoms with Gasteiger partial charge in [0, 0.05) is 51.7 Å². The van der Waals surface area contributed by atoms with Gasteiger partial charge in [-0.15, -0.1) is 0 Å². The van der Waals surface area contributed by atoms with E-state index in [1.54, 1.807) is 12.4 Å². The van der Waals surface area contributed by atoms with Gasteiger partial charge in [-0.1, -0.05) is 18.2 Å². The van der Waals surface area contributed by atoms with E-state index >= 15 is 0 Å². The second kappa shape index (κ2) is 12.9. The van der Waals surface area contributed by atoms with Crippen molar-refractivity contribution in [2.75, 3.05) is 57.3 Å². The standard InChI is InChI=1S/C24H37N7O/c1-4-25-23(29-19-21(3)32-22-10-6-5-9-20(22)2)26-13-8-14-30-15-17-31(18-16-30)24-27-11-7-12-28-24/h5-7,9-12,21H,4,8,13-19H2,1-3H3,(H2,25,26,29). The van der Waals surface area contributed by atoms with Crippen LogP contribution in [-0.4, -0.2) is 79.3 Å². The zero-order valence-electron chi connectivity index (χ0n) is 19.6. The van der Waals surface area contributed by atoms with Crippen LogP contribution in [0.5, 0.6) is 5.75 Å². The van der Waals surface area contributed by atoms with Gasteiger partial charge in [-0.2, -0.15) is 0 Å². The number of hydrogen-bond donors (Lipinski definition) is 2. The Labute approximate surface area is 192 Å². The lowest BCUT2D eigenvalue weighted by Gasteiger charge is -2.34. The van der Waals surface area contributed by atoms with Crippen molar-refractivity contribution in [3.05, 3.63) is 48.3 Å². The van der Waals surface area contributed by atoms with E-state index < -0.39 is 0 Å². The summed E-state index contributed by atoms with van der Waals surface area (Å²) in [6.07, 6.45) is 4.69. The van der Waals surface area contributed by atoms with Crippen LogP contribution in [0.15, 0.2) is 47.7 Å². The van der Waals surface area contributed by atoms with E-state index in [0.717, 1.165) is 75.5 Å². The lowest BCUT2D eigenvalue weighted by molar-refractivity contribution is 0.228. The van der Waals surface area contributed by atoms with E-state index in [4.69, 9.17) is 9.73 Å². The van der Waals surface area contributed by atoms with Crippen molar-refractivity contribution in [2.24, 2.45) is 4.99 Å². The fourth-order valence-electron chi connectivity index (χ4n) is 3.64. The van der Waals surface area contributed by atoms with Gasteiger partial charge in [0.1, 0.15) is 11.9 Å². The van der Waals surface area contributed by atoms with Crippen molar-refractivity contribution in [1.82, 2.24) is 25.5 Å². The molecule has 2 heterocycles. The maximum absolute atomic E-state index is 6.04. The number of aryl methyl sites for hydroxylation is 1. The predicted octanol–water partition coefficient (Wildman–Crippen LogP) is 2.32. The molecular weight excluding hydrogens is 402 g/mol. The lowest BCUT2D eigenvalue weighted by Crippen LogP contribution is -2.47. The number of piperazine rings is 1. The van der Waals surface area contributed by atoms with Crippen LogP contribution < -0.4 is 20.3 Å². The molecule has 1 aliphatic rings. The van der Waals surface area contributed by atoms with Crippen LogP contribution >= 0.6 is 0 Å². The van der Waals surface area contributed by atoms with E-state index in [2.05, 4.69) is 57.2 Å². The second-order valence-corrected chi connectivity index (χ2v) is 8.07. The monoisotopic (exact) mass is 439 g/mol. The minimum atomic E-state index is 0.0106. The molecule has 8 nitrogen and oxygen atoms in total. The molecular formula is C24H37N7O. The normalized spacial score (nSPS) is 16.0. The fraction of sp³-hybridized carbons (Fsp3) is 0.542. The topological polar surface area (TPSA) is 77.9 Å². The quantitative estimate of drug-likeness (QED) is 0.334. The number of rotatable bonds is 10. The molecule has 1 saturated heterocycles. The van der Waals surface area contributed by atoms with Crippen LogP contribution in [0, 0.1) is 6.92 Å². The molecule has 1 unspecified atom stereocenters. The van der Waals surface area contributed by atoms with Crippen molar-refractivity contribution >= 4 is 11.9 Å². The highest BCUT2D eigenvalue weighted by Gasteiger charge is 2.18. The number of aliphatic imine (C=N–C) groups is 1. The molecule has 2 aromatic rings. The third-order valence-electron chi connectivity index (χ3n) is 5.42. The molecule has 0 spiro atoms. The Morgan fingerprint density at radius 3 is 2.56 bits per heavy atom. The summed E-state index contributed by atoms with van der Waals surface area (Å²) in [6.45, 7) is 13.6. The number of guanidine groups is 1. The Balaban J connectivity index is 1.35. The van der Waals surface area contributed by atoms with Crippen LogP contribution in [-0.2, 0) is 0 Å². The van der Waals surface area contributed by atoms with Gasteiger partial charge in [-0.05, 0) is 51.4 Å². The molecule has 1 aromatic carbocycles. The summed E-state index contributed by atoms with van der Waals surface area (Å²) in [5, 5.41) is 6.78. The van der Waals surface area contributed by atoms with Crippen molar-refractivity contribution in [1.29, 1.82) is 0 Å². The van der Waals surface area contributed by atoms with E-state index in [1.165, 1.54) is 0 Å². The summed E-state index contributed by atoms with van der Waals surface area (Å²) >= 11 is 0. The predicted molar refractivity (Wildman–Crippen MR) is 131 cm³/mol. The van der Waals surface area contributed by atoms with Gasteiger partial charge in [0.15, 0.2) is 5.96 Å². The minimum absolute atomic E-state index is 0.0106. The number of para-hydroxylation sites is 1. The molecule has 1 aromatic heterocycles. The smallest absolute Gasteiger partial charge is 0.225 e.